The average Bonchev–Trinajstić information content (AvgIpc) is 3.23. The number of hydrogen-bond acceptors (Lipinski definition) is 5. The lowest BCUT2D eigenvalue weighted by Crippen LogP contribution is -2.51. The minimum atomic E-state index is 0. The molecule has 1 aromatic rings. The van der Waals surface area contributed by atoms with Gasteiger partial charge in [-0.1, -0.05) is 6.07 Å². The fourth-order valence-electron chi connectivity index (χ4n) is 3.92. The normalized spacial score (nSPS) is 21.4. The van der Waals surface area contributed by atoms with Gasteiger partial charge in [0, 0.05) is 56.7 Å². The molecule has 3 heterocycles. The first-order valence-electron chi connectivity index (χ1n) is 10.2. The van der Waals surface area contributed by atoms with Crippen molar-refractivity contribution in [1.29, 1.82) is 0 Å². The summed E-state index contributed by atoms with van der Waals surface area (Å²) in [5.74, 6) is 0.924. The third-order valence-corrected chi connectivity index (χ3v) is 6.62. The number of hydrogen-bond donors (Lipinski definition) is 2. The lowest BCUT2D eigenvalue weighted by molar-refractivity contribution is 0.0177. The maximum Gasteiger partial charge on any atom is 0.191 e. The summed E-state index contributed by atoms with van der Waals surface area (Å²) in [4.78, 5) is 11.0. The maximum absolute atomic E-state index is 5.54. The first-order valence-corrected chi connectivity index (χ1v) is 11.1. The lowest BCUT2D eigenvalue weighted by Gasteiger charge is -2.36. The van der Waals surface area contributed by atoms with Crippen molar-refractivity contribution in [2.24, 2.45) is 4.99 Å². The Morgan fingerprint density at radius 2 is 1.93 bits per heavy atom. The summed E-state index contributed by atoms with van der Waals surface area (Å²) in [6.07, 6.45) is 2.35. The van der Waals surface area contributed by atoms with Crippen LogP contribution >= 0.6 is 35.3 Å². The highest BCUT2D eigenvalue weighted by atomic mass is 127. The molecule has 3 rings (SSSR count). The van der Waals surface area contributed by atoms with Crippen LogP contribution in [0, 0.1) is 0 Å². The van der Waals surface area contributed by atoms with Crippen LogP contribution in [0.15, 0.2) is 22.5 Å². The van der Waals surface area contributed by atoms with E-state index in [0.717, 1.165) is 51.9 Å². The molecule has 8 heteroatoms. The minimum absolute atomic E-state index is 0. The third-order valence-electron chi connectivity index (χ3n) is 5.65. The van der Waals surface area contributed by atoms with Crippen molar-refractivity contribution in [3.63, 3.8) is 0 Å². The van der Waals surface area contributed by atoms with Gasteiger partial charge in [0.1, 0.15) is 0 Å². The van der Waals surface area contributed by atoms with Crippen LogP contribution in [0.1, 0.15) is 37.6 Å². The predicted octanol–water partition coefficient (Wildman–Crippen LogP) is 2.78. The van der Waals surface area contributed by atoms with Crippen molar-refractivity contribution in [3.05, 3.63) is 22.4 Å². The first-order chi connectivity index (χ1) is 13.2. The van der Waals surface area contributed by atoms with Gasteiger partial charge in [0.05, 0.1) is 19.3 Å². The number of rotatable bonds is 6. The van der Waals surface area contributed by atoms with E-state index in [1.807, 2.05) is 18.4 Å². The van der Waals surface area contributed by atoms with Crippen molar-refractivity contribution in [2.45, 2.75) is 44.8 Å². The van der Waals surface area contributed by atoms with Gasteiger partial charge in [0.2, 0.25) is 0 Å². The molecule has 0 radical (unpaired) electrons. The Labute approximate surface area is 191 Å². The van der Waals surface area contributed by atoms with E-state index >= 15 is 0 Å². The highest BCUT2D eigenvalue weighted by Gasteiger charge is 2.25. The molecule has 0 bridgehead atoms. The number of likely N-dealkylation sites (tertiary alicyclic amines) is 1. The molecule has 0 spiro atoms. The first kappa shape index (κ1) is 23.9. The Kier molecular flexibility index (Phi) is 10.5. The topological polar surface area (TPSA) is 52.1 Å². The van der Waals surface area contributed by atoms with Crippen molar-refractivity contribution in [2.75, 3.05) is 53.0 Å². The largest absolute Gasteiger partial charge is 0.379 e. The zero-order valence-electron chi connectivity index (χ0n) is 17.4. The second kappa shape index (κ2) is 12.3. The van der Waals surface area contributed by atoms with Gasteiger partial charge in [-0.2, -0.15) is 0 Å². The zero-order chi connectivity index (χ0) is 19.1. The molecule has 1 unspecified atom stereocenters. The van der Waals surface area contributed by atoms with Gasteiger partial charge in [0.25, 0.3) is 0 Å². The van der Waals surface area contributed by atoms with E-state index in [2.05, 4.69) is 56.8 Å². The van der Waals surface area contributed by atoms with E-state index in [4.69, 9.17) is 4.74 Å². The molecule has 0 saturated carbocycles. The second-order valence-electron chi connectivity index (χ2n) is 7.68. The average molecular weight is 522 g/mol. The van der Waals surface area contributed by atoms with Crippen LogP contribution in [0.25, 0.3) is 0 Å². The summed E-state index contributed by atoms with van der Waals surface area (Å²) >= 11 is 1.83. The third kappa shape index (κ3) is 6.83. The molecule has 1 atom stereocenters. The molecule has 0 amide bonds. The number of piperidine rings is 1. The monoisotopic (exact) mass is 521 g/mol. The fraction of sp³-hybridized carbons (Fsp3) is 0.750. The fourth-order valence-corrected chi connectivity index (χ4v) is 4.78. The number of ether oxygens (including phenoxy) is 1. The van der Waals surface area contributed by atoms with E-state index in [9.17, 15) is 0 Å². The number of thiophene rings is 1. The van der Waals surface area contributed by atoms with E-state index in [0.29, 0.717) is 18.1 Å². The van der Waals surface area contributed by atoms with E-state index in [-0.39, 0.29) is 24.0 Å². The molecule has 2 saturated heterocycles. The summed E-state index contributed by atoms with van der Waals surface area (Å²) in [6.45, 7) is 11.4. The van der Waals surface area contributed by atoms with Gasteiger partial charge in [-0.25, -0.2) is 0 Å². The molecule has 2 aliphatic heterocycles. The molecular formula is C20H36IN5OS. The van der Waals surface area contributed by atoms with Crippen LogP contribution in [0.2, 0.25) is 0 Å². The highest BCUT2D eigenvalue weighted by molar-refractivity contribution is 14.0. The Bertz CT molecular complexity index is 569. The van der Waals surface area contributed by atoms with E-state index in [1.165, 1.54) is 17.7 Å². The van der Waals surface area contributed by atoms with E-state index in [1.54, 1.807) is 0 Å². The summed E-state index contributed by atoms with van der Waals surface area (Å²) in [7, 11) is 1.87. The van der Waals surface area contributed by atoms with Crippen LogP contribution in [-0.4, -0.2) is 80.8 Å². The quantitative estimate of drug-likeness (QED) is 0.343. The molecule has 6 nitrogen and oxygen atoms in total. The standard InChI is InChI=1S/C20H35N5OS.HI/c1-16(2)24-8-6-17(7-9-24)23-20(21-3)22-15-18(19-5-4-14-27-19)25-10-12-26-13-11-25;/h4-5,14,16-18H,6-13,15H2,1-3H3,(H2,21,22,23);1H. The number of nitrogens with zero attached hydrogens (tertiary/aromatic N) is 3. The van der Waals surface area contributed by atoms with Gasteiger partial charge in [-0.3, -0.25) is 9.89 Å². The molecule has 2 N–H and O–H groups in total. The summed E-state index contributed by atoms with van der Waals surface area (Å²) < 4.78 is 5.54. The molecule has 2 aliphatic rings. The minimum Gasteiger partial charge on any atom is -0.379 e. The molecule has 160 valence electrons. The van der Waals surface area contributed by atoms with Crippen LogP contribution in [0.5, 0.6) is 0 Å². The predicted molar refractivity (Wildman–Crippen MR) is 129 cm³/mol. The molecule has 28 heavy (non-hydrogen) atoms. The van der Waals surface area contributed by atoms with Crippen LogP contribution in [0.3, 0.4) is 0 Å². The molecule has 0 aromatic carbocycles. The van der Waals surface area contributed by atoms with Gasteiger partial charge < -0.3 is 20.3 Å². The number of morpholine rings is 1. The van der Waals surface area contributed by atoms with E-state index < -0.39 is 0 Å². The smallest absolute Gasteiger partial charge is 0.191 e. The number of nitrogens with one attached hydrogen (secondary N) is 2. The SMILES string of the molecule is CN=C(NCC(c1cccs1)N1CCOCC1)NC1CCN(C(C)C)CC1.I. The Hall–Kier alpha value is -0.420. The van der Waals surface area contributed by atoms with Gasteiger partial charge in [-0.05, 0) is 38.1 Å². The summed E-state index contributed by atoms with van der Waals surface area (Å²) in [6, 6.07) is 5.90. The maximum atomic E-state index is 5.54. The Balaban J connectivity index is 0.00000280. The lowest BCUT2D eigenvalue weighted by atomic mass is 10.0. The van der Waals surface area contributed by atoms with Gasteiger partial charge in [0.15, 0.2) is 5.96 Å². The van der Waals surface area contributed by atoms with Crippen LogP contribution in [-0.2, 0) is 4.74 Å². The zero-order valence-corrected chi connectivity index (χ0v) is 20.5. The highest BCUT2D eigenvalue weighted by Crippen LogP contribution is 2.25. The molecule has 0 aliphatic carbocycles. The van der Waals surface area contributed by atoms with Crippen molar-refractivity contribution in [3.8, 4) is 0 Å². The number of aliphatic imine (C=N–C) groups is 1. The molecule has 2 fully saturated rings. The summed E-state index contributed by atoms with van der Waals surface area (Å²) in [5.41, 5.74) is 0. The Morgan fingerprint density at radius 3 is 2.50 bits per heavy atom. The van der Waals surface area contributed by atoms with Crippen molar-refractivity contribution >= 4 is 41.3 Å². The molecular weight excluding hydrogens is 485 g/mol. The second-order valence-corrected chi connectivity index (χ2v) is 8.66. The van der Waals surface area contributed by atoms with Crippen molar-refractivity contribution in [1.82, 2.24) is 20.4 Å². The van der Waals surface area contributed by atoms with Gasteiger partial charge in [-0.15, -0.1) is 35.3 Å². The van der Waals surface area contributed by atoms with Crippen molar-refractivity contribution < 1.29 is 4.74 Å². The Morgan fingerprint density at radius 1 is 1.21 bits per heavy atom. The number of halogens is 1. The van der Waals surface area contributed by atoms with Crippen LogP contribution < -0.4 is 10.6 Å². The van der Waals surface area contributed by atoms with Crippen LogP contribution in [0.4, 0.5) is 0 Å². The van der Waals surface area contributed by atoms with Gasteiger partial charge >= 0.3 is 0 Å². The summed E-state index contributed by atoms with van der Waals surface area (Å²) in [5, 5.41) is 9.39. The molecule has 1 aromatic heterocycles. The number of guanidine groups is 1.